The summed E-state index contributed by atoms with van der Waals surface area (Å²) in [5.41, 5.74) is 8.49. The van der Waals surface area contributed by atoms with Gasteiger partial charge in [-0.05, 0) is 30.3 Å². The van der Waals surface area contributed by atoms with Gasteiger partial charge in [0.25, 0.3) is 5.91 Å². The minimum atomic E-state index is -0.161. The van der Waals surface area contributed by atoms with E-state index < -0.39 is 0 Å². The van der Waals surface area contributed by atoms with Gasteiger partial charge in [0, 0.05) is 11.3 Å². The lowest BCUT2D eigenvalue weighted by Crippen LogP contribution is -2.41. The van der Waals surface area contributed by atoms with Gasteiger partial charge >= 0.3 is 0 Å². The molecule has 5 N–H and O–H groups in total. The second kappa shape index (κ2) is 4.60. The molecule has 0 radical (unpaired) electrons. The van der Waals surface area contributed by atoms with Crippen molar-refractivity contribution in [1.29, 1.82) is 0 Å². The Hall–Kier alpha value is -2.57. The molecule has 0 saturated carbocycles. The third kappa shape index (κ3) is 2.22. The summed E-state index contributed by atoms with van der Waals surface area (Å²) in [6.07, 6.45) is 0. The molecular formula is C13H13N5O. The summed E-state index contributed by atoms with van der Waals surface area (Å²) in [5.74, 6) is 5.49. The number of nitrogens with zero attached hydrogens (tertiary/aromatic N) is 1. The third-order valence-corrected chi connectivity index (χ3v) is 2.86. The van der Waals surface area contributed by atoms with Gasteiger partial charge in [-0.2, -0.15) is 0 Å². The lowest BCUT2D eigenvalue weighted by Gasteiger charge is -2.09. The van der Waals surface area contributed by atoms with Crippen molar-refractivity contribution in [3.8, 4) is 0 Å². The zero-order valence-corrected chi connectivity index (χ0v) is 10.1. The van der Waals surface area contributed by atoms with Crippen molar-refractivity contribution in [2.75, 3.05) is 15.9 Å². The van der Waals surface area contributed by atoms with Crippen LogP contribution in [0.3, 0.4) is 0 Å². The topological polar surface area (TPSA) is 82.4 Å². The van der Waals surface area contributed by atoms with Gasteiger partial charge in [0.05, 0.1) is 11.4 Å². The number of anilines is 3. The Balaban J connectivity index is 1.81. The molecule has 1 amide bonds. The maximum atomic E-state index is 12.1. The van der Waals surface area contributed by atoms with Crippen LogP contribution in [-0.2, 0) is 0 Å². The van der Waals surface area contributed by atoms with Gasteiger partial charge in [0.1, 0.15) is 0 Å². The minimum absolute atomic E-state index is 0.161. The maximum Gasteiger partial charge on any atom is 0.255 e. The van der Waals surface area contributed by atoms with Gasteiger partial charge in [-0.25, -0.2) is 11.0 Å². The number of amides is 1. The fourth-order valence-corrected chi connectivity index (χ4v) is 1.89. The smallest absolute Gasteiger partial charge is 0.255 e. The van der Waals surface area contributed by atoms with E-state index in [9.17, 15) is 4.79 Å². The highest BCUT2D eigenvalue weighted by Gasteiger charge is 2.17. The standard InChI is InChI=1S/C13H13N5O/c14-18-12-7-6-9(8-11(12)16-17-18)13(19)15-10-4-2-1-3-5-10/h1-8,16-17H,14H2,(H,15,19). The Kier molecular flexibility index (Phi) is 2.79. The molecule has 6 nitrogen and oxygen atoms in total. The van der Waals surface area contributed by atoms with Crippen molar-refractivity contribution in [2.45, 2.75) is 0 Å². The van der Waals surface area contributed by atoms with Gasteiger partial charge in [0.15, 0.2) is 0 Å². The zero-order chi connectivity index (χ0) is 13.2. The van der Waals surface area contributed by atoms with Gasteiger partial charge < -0.3 is 10.7 Å². The van der Waals surface area contributed by atoms with E-state index in [0.717, 1.165) is 17.1 Å². The summed E-state index contributed by atoms with van der Waals surface area (Å²) in [5, 5.41) is 4.18. The summed E-state index contributed by atoms with van der Waals surface area (Å²) in [6.45, 7) is 0. The van der Waals surface area contributed by atoms with Crippen molar-refractivity contribution in [3.63, 3.8) is 0 Å². The highest BCUT2D eigenvalue weighted by molar-refractivity contribution is 6.05. The molecular weight excluding hydrogens is 242 g/mol. The van der Waals surface area contributed by atoms with Crippen molar-refractivity contribution >= 4 is 23.0 Å². The number of fused-ring (bicyclic) bond motifs is 1. The maximum absolute atomic E-state index is 12.1. The molecule has 0 unspecified atom stereocenters. The van der Waals surface area contributed by atoms with Crippen LogP contribution in [0.5, 0.6) is 0 Å². The fourth-order valence-electron chi connectivity index (χ4n) is 1.89. The first-order valence-electron chi connectivity index (χ1n) is 5.81. The molecule has 0 fully saturated rings. The second-order valence-electron chi connectivity index (χ2n) is 4.16. The first-order chi connectivity index (χ1) is 9.24. The summed E-state index contributed by atoms with van der Waals surface area (Å²) < 4.78 is 0. The molecule has 19 heavy (non-hydrogen) atoms. The molecule has 0 aromatic heterocycles. The molecule has 1 aliphatic heterocycles. The van der Waals surface area contributed by atoms with E-state index in [0.29, 0.717) is 5.56 Å². The number of hydrogen-bond donors (Lipinski definition) is 4. The second-order valence-corrected chi connectivity index (χ2v) is 4.16. The Morgan fingerprint density at radius 1 is 1.16 bits per heavy atom. The summed E-state index contributed by atoms with van der Waals surface area (Å²) in [7, 11) is 0. The summed E-state index contributed by atoms with van der Waals surface area (Å²) in [4.78, 5) is 12.1. The van der Waals surface area contributed by atoms with Gasteiger partial charge in [0.2, 0.25) is 0 Å². The molecule has 0 spiro atoms. The van der Waals surface area contributed by atoms with Crippen molar-refractivity contribution in [2.24, 2.45) is 5.84 Å². The molecule has 0 bridgehead atoms. The van der Waals surface area contributed by atoms with Crippen LogP contribution in [0.4, 0.5) is 17.1 Å². The minimum Gasteiger partial charge on any atom is -0.322 e. The van der Waals surface area contributed by atoms with Gasteiger partial charge in [-0.1, -0.05) is 18.2 Å². The average Bonchev–Trinajstić information content (AvgIpc) is 2.81. The Labute approximate surface area is 110 Å². The van der Waals surface area contributed by atoms with Crippen LogP contribution in [-0.4, -0.2) is 5.91 Å². The molecule has 6 heteroatoms. The molecule has 2 aromatic rings. The third-order valence-electron chi connectivity index (χ3n) is 2.86. The van der Waals surface area contributed by atoms with E-state index in [-0.39, 0.29) is 5.91 Å². The van der Waals surface area contributed by atoms with E-state index in [1.807, 2.05) is 30.3 Å². The summed E-state index contributed by atoms with van der Waals surface area (Å²) in [6, 6.07) is 14.6. The summed E-state index contributed by atoms with van der Waals surface area (Å²) >= 11 is 0. The number of rotatable bonds is 2. The largest absolute Gasteiger partial charge is 0.322 e. The SMILES string of the molecule is NN1NNc2cc(C(=O)Nc3ccccc3)ccc21. The first kappa shape index (κ1) is 11.5. The Morgan fingerprint density at radius 2 is 1.95 bits per heavy atom. The number of nitrogens with two attached hydrogens (primary N) is 1. The Morgan fingerprint density at radius 3 is 2.74 bits per heavy atom. The van der Waals surface area contributed by atoms with Crippen LogP contribution >= 0.6 is 0 Å². The van der Waals surface area contributed by atoms with E-state index in [1.54, 1.807) is 18.2 Å². The van der Waals surface area contributed by atoms with Crippen LogP contribution in [0.25, 0.3) is 0 Å². The number of hydrogen-bond acceptors (Lipinski definition) is 5. The molecule has 2 aromatic carbocycles. The molecule has 0 aliphatic carbocycles. The predicted octanol–water partition coefficient (Wildman–Crippen LogP) is 1.46. The lowest BCUT2D eigenvalue weighted by atomic mass is 10.1. The molecule has 1 aliphatic rings. The molecule has 1 heterocycles. The van der Waals surface area contributed by atoms with E-state index in [1.165, 1.54) is 5.12 Å². The number of benzene rings is 2. The molecule has 0 atom stereocenters. The average molecular weight is 255 g/mol. The van der Waals surface area contributed by atoms with E-state index >= 15 is 0 Å². The lowest BCUT2D eigenvalue weighted by molar-refractivity contribution is 0.102. The van der Waals surface area contributed by atoms with Crippen LogP contribution in [0.2, 0.25) is 0 Å². The Bertz CT molecular complexity index is 614. The normalized spacial score (nSPS) is 12.8. The monoisotopic (exact) mass is 255 g/mol. The van der Waals surface area contributed by atoms with Crippen LogP contribution in [0, 0.1) is 0 Å². The number of carbonyl (C=O) groups excluding carboxylic acids is 1. The highest BCUT2D eigenvalue weighted by Crippen LogP contribution is 2.28. The molecule has 3 rings (SSSR count). The number of carbonyl (C=O) groups is 1. The number of nitrogens with one attached hydrogen (secondary N) is 3. The highest BCUT2D eigenvalue weighted by atomic mass is 16.1. The first-order valence-corrected chi connectivity index (χ1v) is 5.81. The van der Waals surface area contributed by atoms with Crippen molar-refractivity contribution in [3.05, 3.63) is 54.1 Å². The van der Waals surface area contributed by atoms with Crippen LogP contribution in [0.15, 0.2) is 48.5 Å². The van der Waals surface area contributed by atoms with Gasteiger partial charge in [-0.3, -0.25) is 4.79 Å². The van der Waals surface area contributed by atoms with Crippen LogP contribution < -0.4 is 27.2 Å². The fraction of sp³-hybridized carbons (Fsp3) is 0. The van der Waals surface area contributed by atoms with E-state index in [4.69, 9.17) is 5.84 Å². The van der Waals surface area contributed by atoms with Crippen LogP contribution in [0.1, 0.15) is 10.4 Å². The zero-order valence-electron chi connectivity index (χ0n) is 10.1. The number of para-hydroxylation sites is 1. The van der Waals surface area contributed by atoms with Crippen molar-refractivity contribution in [1.82, 2.24) is 5.53 Å². The van der Waals surface area contributed by atoms with Crippen molar-refractivity contribution < 1.29 is 4.79 Å². The molecule has 0 saturated heterocycles. The van der Waals surface area contributed by atoms with Gasteiger partial charge in [-0.15, -0.1) is 5.53 Å². The number of hydrazine groups is 3. The quantitative estimate of drug-likeness (QED) is 0.611. The van der Waals surface area contributed by atoms with E-state index in [2.05, 4.69) is 16.3 Å². The molecule has 96 valence electrons. The predicted molar refractivity (Wildman–Crippen MR) is 74.3 cm³/mol.